The van der Waals surface area contributed by atoms with E-state index in [0.29, 0.717) is 0 Å². The number of nitrogens with zero attached hydrogens (tertiary/aromatic N) is 1. The van der Waals surface area contributed by atoms with Crippen molar-refractivity contribution in [3.8, 4) is 0 Å². The molecule has 0 N–H and O–H groups in total. The van der Waals surface area contributed by atoms with Crippen LogP contribution in [0.4, 0.5) is 0 Å². The van der Waals surface area contributed by atoms with Crippen molar-refractivity contribution in [2.24, 2.45) is 0 Å². The highest BCUT2D eigenvalue weighted by molar-refractivity contribution is 6.20. The summed E-state index contributed by atoms with van der Waals surface area (Å²) in [6.45, 7) is 1.98. The monoisotopic (exact) mass is 205 g/mol. The molecule has 72 valence electrons. The van der Waals surface area contributed by atoms with Gasteiger partial charge in [-0.1, -0.05) is 24.3 Å². The molecule has 0 spiro atoms. The molecule has 2 rings (SSSR count). The van der Waals surface area contributed by atoms with Gasteiger partial charge in [0.25, 0.3) is 0 Å². The standard InChI is InChI=1S/C12H12ClN/c1-9(13)8-11-7-6-10-4-2-3-5-12(10)14-11/h2-7,9H,8H2,1H3. The summed E-state index contributed by atoms with van der Waals surface area (Å²) in [5.41, 5.74) is 2.11. The van der Waals surface area contributed by atoms with Crippen LogP contribution in [-0.2, 0) is 6.42 Å². The fraction of sp³-hybridized carbons (Fsp3) is 0.250. The molecule has 0 aliphatic carbocycles. The van der Waals surface area contributed by atoms with Gasteiger partial charge in [0.05, 0.1) is 5.52 Å². The number of benzene rings is 1. The predicted molar refractivity (Wildman–Crippen MR) is 60.8 cm³/mol. The minimum absolute atomic E-state index is 0.142. The molecule has 0 aliphatic heterocycles. The zero-order valence-electron chi connectivity index (χ0n) is 8.07. The van der Waals surface area contributed by atoms with Crippen molar-refractivity contribution in [2.45, 2.75) is 18.7 Å². The molecule has 1 unspecified atom stereocenters. The van der Waals surface area contributed by atoms with Gasteiger partial charge in [-0.25, -0.2) is 0 Å². The zero-order valence-corrected chi connectivity index (χ0v) is 8.83. The summed E-state index contributed by atoms with van der Waals surface area (Å²) >= 11 is 5.92. The number of fused-ring (bicyclic) bond motifs is 1. The van der Waals surface area contributed by atoms with Gasteiger partial charge in [-0.15, -0.1) is 11.6 Å². The van der Waals surface area contributed by atoms with Crippen LogP contribution in [0.1, 0.15) is 12.6 Å². The summed E-state index contributed by atoms with van der Waals surface area (Å²) < 4.78 is 0. The summed E-state index contributed by atoms with van der Waals surface area (Å²) in [4.78, 5) is 4.53. The van der Waals surface area contributed by atoms with Crippen LogP contribution in [0.3, 0.4) is 0 Å². The number of para-hydroxylation sites is 1. The molecule has 1 aromatic carbocycles. The van der Waals surface area contributed by atoms with Crippen LogP contribution in [-0.4, -0.2) is 10.4 Å². The first-order valence-corrected chi connectivity index (χ1v) is 5.18. The molecule has 1 heterocycles. The molecule has 2 aromatic rings. The third kappa shape index (κ3) is 2.05. The lowest BCUT2D eigenvalue weighted by atomic mass is 10.1. The molecule has 0 amide bonds. The van der Waals surface area contributed by atoms with E-state index >= 15 is 0 Å². The van der Waals surface area contributed by atoms with Gasteiger partial charge in [0.2, 0.25) is 0 Å². The minimum atomic E-state index is 0.142. The predicted octanol–water partition coefficient (Wildman–Crippen LogP) is 3.40. The molecule has 0 fully saturated rings. The maximum atomic E-state index is 5.92. The third-order valence-electron chi connectivity index (χ3n) is 2.15. The first kappa shape index (κ1) is 9.47. The Hall–Kier alpha value is -1.08. The van der Waals surface area contributed by atoms with Crippen molar-refractivity contribution in [3.05, 3.63) is 42.1 Å². The summed E-state index contributed by atoms with van der Waals surface area (Å²) in [5, 5.41) is 1.32. The molecule has 0 saturated carbocycles. The Morgan fingerprint density at radius 1 is 1.21 bits per heavy atom. The molecule has 0 bridgehead atoms. The fourth-order valence-electron chi connectivity index (χ4n) is 1.51. The Balaban J connectivity index is 2.41. The molecule has 1 aromatic heterocycles. The van der Waals surface area contributed by atoms with Gasteiger partial charge < -0.3 is 0 Å². The second-order valence-corrected chi connectivity index (χ2v) is 4.23. The van der Waals surface area contributed by atoms with Gasteiger partial charge in [-0.2, -0.15) is 0 Å². The molecule has 1 nitrogen and oxygen atoms in total. The number of pyridine rings is 1. The molecule has 2 heteroatoms. The second-order valence-electron chi connectivity index (χ2n) is 3.48. The van der Waals surface area contributed by atoms with E-state index in [9.17, 15) is 0 Å². The van der Waals surface area contributed by atoms with Crippen molar-refractivity contribution in [2.75, 3.05) is 0 Å². The van der Waals surface area contributed by atoms with E-state index in [-0.39, 0.29) is 5.38 Å². The van der Waals surface area contributed by atoms with Gasteiger partial charge in [-0.3, -0.25) is 4.98 Å². The quantitative estimate of drug-likeness (QED) is 0.685. The maximum Gasteiger partial charge on any atom is 0.0705 e. The first-order chi connectivity index (χ1) is 6.75. The first-order valence-electron chi connectivity index (χ1n) is 4.74. The van der Waals surface area contributed by atoms with E-state index in [4.69, 9.17) is 11.6 Å². The van der Waals surface area contributed by atoms with Crippen molar-refractivity contribution >= 4 is 22.5 Å². The third-order valence-corrected chi connectivity index (χ3v) is 2.30. The van der Waals surface area contributed by atoms with E-state index in [1.165, 1.54) is 5.39 Å². The van der Waals surface area contributed by atoms with Gasteiger partial charge in [-0.05, 0) is 19.1 Å². The highest BCUT2D eigenvalue weighted by Crippen LogP contribution is 2.13. The van der Waals surface area contributed by atoms with Crippen LogP contribution in [0, 0.1) is 0 Å². The molecule has 0 saturated heterocycles. The van der Waals surface area contributed by atoms with Crippen molar-refractivity contribution in [1.82, 2.24) is 4.98 Å². The van der Waals surface area contributed by atoms with Crippen LogP contribution in [0.25, 0.3) is 10.9 Å². The van der Waals surface area contributed by atoms with Crippen molar-refractivity contribution in [1.29, 1.82) is 0 Å². The normalized spacial score (nSPS) is 13.0. The highest BCUT2D eigenvalue weighted by atomic mass is 35.5. The van der Waals surface area contributed by atoms with Crippen LogP contribution in [0.5, 0.6) is 0 Å². The Morgan fingerprint density at radius 2 is 2.00 bits per heavy atom. The smallest absolute Gasteiger partial charge is 0.0705 e. The highest BCUT2D eigenvalue weighted by Gasteiger charge is 2.01. The molecule has 0 aliphatic rings. The SMILES string of the molecule is CC(Cl)Cc1ccc2ccccc2n1. The van der Waals surface area contributed by atoms with Gasteiger partial charge >= 0.3 is 0 Å². The summed E-state index contributed by atoms with van der Waals surface area (Å²) in [6, 6.07) is 12.3. The van der Waals surface area contributed by atoms with Crippen LogP contribution in [0.2, 0.25) is 0 Å². The zero-order chi connectivity index (χ0) is 9.97. The molecule has 0 radical (unpaired) electrons. The van der Waals surface area contributed by atoms with Crippen LogP contribution < -0.4 is 0 Å². The lowest BCUT2D eigenvalue weighted by molar-refractivity contribution is 0.899. The van der Waals surface area contributed by atoms with E-state index in [1.807, 2.05) is 31.2 Å². The lowest BCUT2D eigenvalue weighted by Crippen LogP contribution is -1.99. The number of halogens is 1. The summed E-state index contributed by atoms with van der Waals surface area (Å²) in [6.07, 6.45) is 0.826. The average Bonchev–Trinajstić information content (AvgIpc) is 2.17. The largest absolute Gasteiger partial charge is 0.253 e. The number of hydrogen-bond acceptors (Lipinski definition) is 1. The topological polar surface area (TPSA) is 12.9 Å². The number of hydrogen-bond donors (Lipinski definition) is 0. The Morgan fingerprint density at radius 3 is 2.79 bits per heavy atom. The van der Waals surface area contributed by atoms with Crippen molar-refractivity contribution < 1.29 is 0 Å². The Kier molecular flexibility index (Phi) is 2.69. The summed E-state index contributed by atoms with van der Waals surface area (Å²) in [5.74, 6) is 0. The van der Waals surface area contributed by atoms with Gasteiger partial charge in [0.1, 0.15) is 0 Å². The van der Waals surface area contributed by atoms with Gasteiger partial charge in [0, 0.05) is 22.9 Å². The van der Waals surface area contributed by atoms with E-state index in [1.54, 1.807) is 0 Å². The number of aromatic nitrogens is 1. The van der Waals surface area contributed by atoms with E-state index < -0.39 is 0 Å². The van der Waals surface area contributed by atoms with Crippen molar-refractivity contribution in [3.63, 3.8) is 0 Å². The Labute approximate surface area is 88.7 Å². The fourth-order valence-corrected chi connectivity index (χ4v) is 1.67. The molecular formula is C12H12ClN. The molecule has 14 heavy (non-hydrogen) atoms. The minimum Gasteiger partial charge on any atom is -0.253 e. The molecule has 1 atom stereocenters. The summed E-state index contributed by atoms with van der Waals surface area (Å²) in [7, 11) is 0. The second kappa shape index (κ2) is 3.97. The number of alkyl halides is 1. The lowest BCUT2D eigenvalue weighted by Gasteiger charge is -2.03. The molecular weight excluding hydrogens is 194 g/mol. The average molecular weight is 206 g/mol. The van der Waals surface area contributed by atoms with E-state index in [0.717, 1.165) is 17.6 Å². The van der Waals surface area contributed by atoms with Crippen LogP contribution >= 0.6 is 11.6 Å². The Bertz CT molecular complexity index is 437. The maximum absolute atomic E-state index is 5.92. The van der Waals surface area contributed by atoms with E-state index in [2.05, 4.69) is 17.1 Å². The van der Waals surface area contributed by atoms with Gasteiger partial charge in [0.15, 0.2) is 0 Å². The van der Waals surface area contributed by atoms with Crippen LogP contribution in [0.15, 0.2) is 36.4 Å². The number of rotatable bonds is 2.